The summed E-state index contributed by atoms with van der Waals surface area (Å²) in [5.74, 6) is 0. The highest BCUT2D eigenvalue weighted by Crippen LogP contribution is 2.25. The molecule has 0 rings (SSSR count). The van der Waals surface area contributed by atoms with Gasteiger partial charge in [0, 0.05) is 0 Å². The van der Waals surface area contributed by atoms with Gasteiger partial charge in [0.25, 0.3) is 0 Å². The van der Waals surface area contributed by atoms with Crippen molar-refractivity contribution in [3.63, 3.8) is 0 Å². The average Bonchev–Trinajstić information content (AvgIpc) is 2.45. The minimum absolute atomic E-state index is 0.137. The predicted molar refractivity (Wildman–Crippen MR) is 78.8 cm³/mol. The summed E-state index contributed by atoms with van der Waals surface area (Å²) >= 11 is 0. The number of rotatable bonds is 13. The second-order valence-electron chi connectivity index (χ2n) is 5.27. The molecule has 0 aromatic carbocycles. The Bertz CT molecular complexity index is 543. The van der Waals surface area contributed by atoms with Gasteiger partial charge in [-0.25, -0.2) is 0 Å². The van der Waals surface area contributed by atoms with Gasteiger partial charge in [-0.1, -0.05) is 38.5 Å². The zero-order valence-corrected chi connectivity index (χ0v) is 15.2. The average molecular weight is 438 g/mol. The van der Waals surface area contributed by atoms with E-state index in [0.29, 0.717) is 38.5 Å². The van der Waals surface area contributed by atoms with Gasteiger partial charge in [-0.2, -0.15) is 43.2 Å². The first-order valence-electron chi connectivity index (χ1n) is 7.62. The van der Waals surface area contributed by atoms with Crippen LogP contribution >= 0.6 is 0 Å². The third-order valence-electron chi connectivity index (χ3n) is 3.08. The summed E-state index contributed by atoms with van der Waals surface area (Å²) in [5, 5.41) is 0. The standard InChI is InChI=1S/C12H20F6O6S2/c13-11(14,15)25(19,20)23-9-7-5-3-1-2-4-6-8-10-24-26(21,22)12(16,17)18/h1-10H2. The van der Waals surface area contributed by atoms with Gasteiger partial charge < -0.3 is 0 Å². The van der Waals surface area contributed by atoms with Gasteiger partial charge in [0.1, 0.15) is 0 Å². The van der Waals surface area contributed by atoms with E-state index in [1.165, 1.54) is 0 Å². The largest absolute Gasteiger partial charge is 0.523 e. The summed E-state index contributed by atoms with van der Waals surface area (Å²) in [4.78, 5) is 0. The molecule has 0 saturated heterocycles. The van der Waals surface area contributed by atoms with Crippen molar-refractivity contribution in [2.24, 2.45) is 0 Å². The third kappa shape index (κ3) is 9.92. The van der Waals surface area contributed by atoms with Gasteiger partial charge in [0.2, 0.25) is 0 Å². The van der Waals surface area contributed by atoms with Crippen LogP contribution < -0.4 is 0 Å². The maximum Gasteiger partial charge on any atom is 0.523 e. The molecule has 0 aliphatic rings. The van der Waals surface area contributed by atoms with Gasteiger partial charge in [-0.3, -0.25) is 8.37 Å². The molecule has 14 heteroatoms. The Morgan fingerprint density at radius 2 is 0.731 bits per heavy atom. The summed E-state index contributed by atoms with van der Waals surface area (Å²) in [6.45, 7) is -1.13. The number of hydrogen-bond acceptors (Lipinski definition) is 6. The van der Waals surface area contributed by atoms with Crippen molar-refractivity contribution in [3.8, 4) is 0 Å². The lowest BCUT2D eigenvalue weighted by Crippen LogP contribution is -2.25. The van der Waals surface area contributed by atoms with Crippen LogP contribution in [0.4, 0.5) is 26.3 Å². The topological polar surface area (TPSA) is 86.7 Å². The Balaban J connectivity index is 3.56. The van der Waals surface area contributed by atoms with Crippen LogP contribution in [0.25, 0.3) is 0 Å². The van der Waals surface area contributed by atoms with Crippen molar-refractivity contribution in [1.82, 2.24) is 0 Å². The first kappa shape index (κ1) is 25.4. The fourth-order valence-electron chi connectivity index (χ4n) is 1.74. The Morgan fingerprint density at radius 3 is 0.962 bits per heavy atom. The summed E-state index contributed by atoms with van der Waals surface area (Å²) in [5.41, 5.74) is -10.9. The number of alkyl halides is 6. The molecule has 0 heterocycles. The summed E-state index contributed by atoms with van der Waals surface area (Å²) in [6, 6.07) is 0. The Kier molecular flexibility index (Phi) is 10.4. The molecular formula is C12H20F6O6S2. The lowest BCUT2D eigenvalue weighted by Gasteiger charge is -2.08. The second-order valence-corrected chi connectivity index (χ2v) is 8.49. The van der Waals surface area contributed by atoms with Crippen LogP contribution in [-0.2, 0) is 28.6 Å². The monoisotopic (exact) mass is 438 g/mol. The van der Waals surface area contributed by atoms with Gasteiger partial charge in [0.05, 0.1) is 13.2 Å². The third-order valence-corrected chi connectivity index (χ3v) is 5.17. The summed E-state index contributed by atoms with van der Waals surface area (Å²) in [7, 11) is -11.1. The van der Waals surface area contributed by atoms with Crippen molar-refractivity contribution < 1.29 is 51.5 Å². The van der Waals surface area contributed by atoms with Crippen molar-refractivity contribution >= 4 is 20.2 Å². The van der Waals surface area contributed by atoms with Crippen molar-refractivity contribution in [1.29, 1.82) is 0 Å². The van der Waals surface area contributed by atoms with E-state index in [1.54, 1.807) is 0 Å². The van der Waals surface area contributed by atoms with E-state index >= 15 is 0 Å². The Hall–Kier alpha value is -0.600. The quantitative estimate of drug-likeness (QED) is 0.188. The number of halogens is 6. The highest BCUT2D eigenvalue weighted by molar-refractivity contribution is 7.87. The van der Waals surface area contributed by atoms with E-state index in [4.69, 9.17) is 0 Å². The van der Waals surface area contributed by atoms with E-state index in [9.17, 15) is 43.2 Å². The molecule has 0 atom stereocenters. The molecule has 0 spiro atoms. The van der Waals surface area contributed by atoms with Crippen LogP contribution in [-0.4, -0.2) is 41.1 Å². The Morgan fingerprint density at radius 1 is 0.500 bits per heavy atom. The first-order valence-corrected chi connectivity index (χ1v) is 10.4. The molecule has 0 N–H and O–H groups in total. The lowest BCUT2D eigenvalue weighted by atomic mass is 10.1. The molecule has 6 nitrogen and oxygen atoms in total. The highest BCUT2D eigenvalue weighted by atomic mass is 32.2. The van der Waals surface area contributed by atoms with E-state index in [-0.39, 0.29) is 12.8 Å². The molecule has 0 fully saturated rings. The molecule has 0 aromatic heterocycles. The maximum atomic E-state index is 11.9. The molecule has 158 valence electrons. The van der Waals surface area contributed by atoms with Crippen LogP contribution in [0.2, 0.25) is 0 Å². The molecule has 26 heavy (non-hydrogen) atoms. The zero-order chi connectivity index (χ0) is 20.5. The summed E-state index contributed by atoms with van der Waals surface area (Å²) < 4.78 is 122. The van der Waals surface area contributed by atoms with Crippen LogP contribution in [0.3, 0.4) is 0 Å². The van der Waals surface area contributed by atoms with Crippen molar-refractivity contribution in [2.45, 2.75) is 62.4 Å². The van der Waals surface area contributed by atoms with Gasteiger partial charge in [0.15, 0.2) is 0 Å². The molecule has 0 aliphatic carbocycles. The van der Waals surface area contributed by atoms with Crippen molar-refractivity contribution in [3.05, 3.63) is 0 Å². The van der Waals surface area contributed by atoms with E-state index in [0.717, 1.165) is 0 Å². The van der Waals surface area contributed by atoms with Crippen LogP contribution in [0.15, 0.2) is 0 Å². The highest BCUT2D eigenvalue weighted by Gasteiger charge is 2.47. The Labute approximate surface area is 148 Å². The van der Waals surface area contributed by atoms with Crippen LogP contribution in [0, 0.1) is 0 Å². The van der Waals surface area contributed by atoms with Gasteiger partial charge >= 0.3 is 31.3 Å². The maximum absolute atomic E-state index is 11.9. The van der Waals surface area contributed by atoms with Crippen LogP contribution in [0.5, 0.6) is 0 Å². The molecular weight excluding hydrogens is 418 g/mol. The smallest absolute Gasteiger partial charge is 0.263 e. The SMILES string of the molecule is O=S(=O)(OCCCCCCCCCCOS(=O)(=O)C(F)(F)F)C(F)(F)F. The van der Waals surface area contributed by atoms with E-state index in [1.807, 2.05) is 0 Å². The fourth-order valence-corrected chi connectivity index (χ4v) is 2.68. The molecule has 0 unspecified atom stereocenters. The lowest BCUT2D eigenvalue weighted by molar-refractivity contribution is -0.0547. The number of unbranched alkanes of at least 4 members (excludes halogenated alkanes) is 7. The first-order chi connectivity index (χ1) is 11.7. The van der Waals surface area contributed by atoms with E-state index < -0.39 is 44.5 Å². The van der Waals surface area contributed by atoms with Gasteiger partial charge in [-0.05, 0) is 12.8 Å². The molecule has 0 saturated carbocycles. The van der Waals surface area contributed by atoms with E-state index in [2.05, 4.69) is 8.37 Å². The second kappa shape index (κ2) is 10.7. The molecule has 0 aliphatic heterocycles. The predicted octanol–water partition coefficient (Wildman–Crippen LogP) is 3.84. The minimum atomic E-state index is -5.55. The zero-order valence-electron chi connectivity index (χ0n) is 13.6. The minimum Gasteiger partial charge on any atom is -0.263 e. The molecule has 0 bridgehead atoms. The summed E-state index contributed by atoms with van der Waals surface area (Å²) in [6.07, 6.45) is 3.81. The van der Waals surface area contributed by atoms with Crippen LogP contribution in [0.1, 0.15) is 51.4 Å². The van der Waals surface area contributed by atoms with Gasteiger partial charge in [-0.15, -0.1) is 0 Å². The normalized spacial score (nSPS) is 13.9. The number of hydrogen-bond donors (Lipinski definition) is 0. The molecule has 0 amide bonds. The fraction of sp³-hybridized carbons (Fsp3) is 1.00. The van der Waals surface area contributed by atoms with Crippen molar-refractivity contribution in [2.75, 3.05) is 13.2 Å². The molecule has 0 radical (unpaired) electrons. The molecule has 0 aromatic rings.